The number of rotatable bonds is 0. The molecule has 0 fully saturated rings. The highest BCUT2D eigenvalue weighted by atomic mass is 14.7. The van der Waals surface area contributed by atoms with Crippen molar-refractivity contribution in [2.24, 2.45) is 9.98 Å². The second-order valence-corrected chi connectivity index (χ2v) is 1.58. The summed E-state index contributed by atoms with van der Waals surface area (Å²) in [7, 11) is 1.78. The van der Waals surface area contributed by atoms with Gasteiger partial charge >= 0.3 is 0 Å². The van der Waals surface area contributed by atoms with Crippen molar-refractivity contribution in [2.45, 2.75) is 6.42 Å². The summed E-state index contributed by atoms with van der Waals surface area (Å²) in [6.45, 7) is 0. The Morgan fingerprint density at radius 1 is 1.75 bits per heavy atom. The highest BCUT2D eigenvalue weighted by Crippen LogP contribution is 1.92. The van der Waals surface area contributed by atoms with Gasteiger partial charge in [0.15, 0.2) is 0 Å². The van der Waals surface area contributed by atoms with Crippen LogP contribution in [0.2, 0.25) is 0 Å². The molecule has 0 spiro atoms. The van der Waals surface area contributed by atoms with E-state index in [4.69, 9.17) is 0 Å². The molecule has 0 N–H and O–H groups in total. The van der Waals surface area contributed by atoms with Crippen LogP contribution in [0, 0.1) is 0 Å². The smallest absolute Gasteiger partial charge is 0.0565 e. The molecule has 0 aromatic heterocycles. The van der Waals surface area contributed by atoms with Crippen LogP contribution in [-0.2, 0) is 0 Å². The van der Waals surface area contributed by atoms with Gasteiger partial charge in [0.05, 0.1) is 5.71 Å². The SMILES string of the molecule is CN=C1C=NC=CC1. The summed E-state index contributed by atoms with van der Waals surface area (Å²) in [5.41, 5.74) is 1.05. The Bertz CT molecular complexity index is 154. The fourth-order valence-corrected chi connectivity index (χ4v) is 0.565. The summed E-state index contributed by atoms with van der Waals surface area (Å²) in [6, 6.07) is 0. The van der Waals surface area contributed by atoms with Crippen LogP contribution in [0.4, 0.5) is 0 Å². The molecule has 0 unspecified atom stereocenters. The van der Waals surface area contributed by atoms with Gasteiger partial charge in [0.2, 0.25) is 0 Å². The molecule has 0 atom stereocenters. The fourth-order valence-electron chi connectivity index (χ4n) is 0.565. The Morgan fingerprint density at radius 3 is 3.00 bits per heavy atom. The highest BCUT2D eigenvalue weighted by Gasteiger charge is 1.91. The predicted molar refractivity (Wildman–Crippen MR) is 35.6 cm³/mol. The summed E-state index contributed by atoms with van der Waals surface area (Å²) >= 11 is 0. The molecule has 0 radical (unpaired) electrons. The molecule has 2 nitrogen and oxygen atoms in total. The van der Waals surface area contributed by atoms with Crippen LogP contribution in [0.3, 0.4) is 0 Å². The van der Waals surface area contributed by atoms with Crippen molar-refractivity contribution in [1.82, 2.24) is 0 Å². The van der Waals surface area contributed by atoms with E-state index < -0.39 is 0 Å². The van der Waals surface area contributed by atoms with Crippen LogP contribution in [0.1, 0.15) is 6.42 Å². The maximum absolute atomic E-state index is 3.96. The molecular formula is C6H8N2. The molecule has 1 heterocycles. The molecule has 0 saturated heterocycles. The van der Waals surface area contributed by atoms with E-state index in [1.54, 1.807) is 19.5 Å². The van der Waals surface area contributed by atoms with Gasteiger partial charge in [-0.1, -0.05) is 6.08 Å². The van der Waals surface area contributed by atoms with Crippen molar-refractivity contribution in [3.8, 4) is 0 Å². The van der Waals surface area contributed by atoms with Crippen LogP contribution >= 0.6 is 0 Å². The van der Waals surface area contributed by atoms with Crippen LogP contribution in [0.15, 0.2) is 22.3 Å². The quantitative estimate of drug-likeness (QED) is 0.443. The third kappa shape index (κ3) is 1.03. The van der Waals surface area contributed by atoms with Gasteiger partial charge < -0.3 is 0 Å². The van der Waals surface area contributed by atoms with Crippen molar-refractivity contribution >= 4 is 11.9 Å². The molecule has 0 bridgehead atoms. The molecule has 0 saturated carbocycles. The van der Waals surface area contributed by atoms with Gasteiger partial charge in [0.1, 0.15) is 0 Å². The molecule has 1 aliphatic rings. The molecule has 0 aromatic carbocycles. The normalized spacial score (nSPS) is 22.4. The predicted octanol–water partition coefficient (Wildman–Crippen LogP) is 1.05. The highest BCUT2D eigenvalue weighted by molar-refractivity contribution is 6.31. The van der Waals surface area contributed by atoms with E-state index in [0.29, 0.717) is 0 Å². The van der Waals surface area contributed by atoms with Gasteiger partial charge in [-0.2, -0.15) is 0 Å². The van der Waals surface area contributed by atoms with Crippen molar-refractivity contribution in [2.75, 3.05) is 7.05 Å². The molecule has 0 aliphatic carbocycles. The molecule has 1 aliphatic heterocycles. The monoisotopic (exact) mass is 108 g/mol. The largest absolute Gasteiger partial charge is 0.291 e. The lowest BCUT2D eigenvalue weighted by molar-refractivity contribution is 1.34. The van der Waals surface area contributed by atoms with E-state index in [9.17, 15) is 0 Å². The van der Waals surface area contributed by atoms with Crippen LogP contribution in [-0.4, -0.2) is 19.0 Å². The molecule has 0 aromatic rings. The van der Waals surface area contributed by atoms with Gasteiger partial charge in [-0.3, -0.25) is 9.98 Å². The maximum Gasteiger partial charge on any atom is 0.0565 e. The van der Waals surface area contributed by atoms with E-state index in [0.717, 1.165) is 12.1 Å². The van der Waals surface area contributed by atoms with Crippen LogP contribution < -0.4 is 0 Å². The zero-order chi connectivity index (χ0) is 5.82. The number of allylic oxidation sites excluding steroid dienone is 1. The first kappa shape index (κ1) is 5.22. The second kappa shape index (κ2) is 2.40. The minimum Gasteiger partial charge on any atom is -0.291 e. The minimum atomic E-state index is 0.931. The number of aliphatic imine (C=N–C) groups is 2. The maximum atomic E-state index is 3.96. The van der Waals surface area contributed by atoms with E-state index in [2.05, 4.69) is 9.98 Å². The second-order valence-electron chi connectivity index (χ2n) is 1.58. The number of nitrogens with zero attached hydrogens (tertiary/aromatic N) is 2. The topological polar surface area (TPSA) is 24.7 Å². The summed E-state index contributed by atoms with van der Waals surface area (Å²) in [4.78, 5) is 7.86. The van der Waals surface area contributed by atoms with Crippen molar-refractivity contribution in [3.63, 3.8) is 0 Å². The molecule has 2 heteroatoms. The average Bonchev–Trinajstić information content (AvgIpc) is 1.90. The van der Waals surface area contributed by atoms with Crippen molar-refractivity contribution in [3.05, 3.63) is 12.3 Å². The van der Waals surface area contributed by atoms with Crippen LogP contribution in [0.25, 0.3) is 0 Å². The molecule has 8 heavy (non-hydrogen) atoms. The van der Waals surface area contributed by atoms with E-state index in [-0.39, 0.29) is 0 Å². The van der Waals surface area contributed by atoms with Crippen molar-refractivity contribution < 1.29 is 0 Å². The van der Waals surface area contributed by atoms with Gasteiger partial charge in [-0.25, -0.2) is 0 Å². The lowest BCUT2D eigenvalue weighted by Crippen LogP contribution is -1.99. The Hall–Kier alpha value is -0.920. The first-order valence-corrected chi connectivity index (χ1v) is 2.57. The van der Waals surface area contributed by atoms with Crippen molar-refractivity contribution in [1.29, 1.82) is 0 Å². The number of hydrogen-bond acceptors (Lipinski definition) is 2. The van der Waals surface area contributed by atoms with Gasteiger partial charge in [-0.15, -0.1) is 0 Å². The summed E-state index contributed by atoms with van der Waals surface area (Å²) in [6.07, 6.45) is 6.48. The lowest BCUT2D eigenvalue weighted by Gasteiger charge is -1.95. The van der Waals surface area contributed by atoms with E-state index in [1.807, 2.05) is 6.08 Å². The third-order valence-electron chi connectivity index (χ3n) is 1.03. The average molecular weight is 108 g/mol. The van der Waals surface area contributed by atoms with Gasteiger partial charge in [0, 0.05) is 25.9 Å². The first-order chi connectivity index (χ1) is 3.93. The standard InChI is InChI=1S/C6H8N2/c1-7-6-3-2-4-8-5-6/h2,4-5H,3H2,1H3. The minimum absolute atomic E-state index is 0.931. The van der Waals surface area contributed by atoms with Gasteiger partial charge in [0.25, 0.3) is 0 Å². The van der Waals surface area contributed by atoms with E-state index >= 15 is 0 Å². The zero-order valence-corrected chi connectivity index (χ0v) is 4.83. The molecule has 0 amide bonds. The third-order valence-corrected chi connectivity index (χ3v) is 1.03. The fraction of sp³-hybridized carbons (Fsp3) is 0.333. The molecule has 42 valence electrons. The zero-order valence-electron chi connectivity index (χ0n) is 4.83. The molecule has 1 rings (SSSR count). The molecular weight excluding hydrogens is 100 g/mol. The Balaban J connectivity index is 2.66. The van der Waals surface area contributed by atoms with Gasteiger partial charge in [-0.05, 0) is 0 Å². The summed E-state index contributed by atoms with van der Waals surface area (Å²) < 4.78 is 0. The lowest BCUT2D eigenvalue weighted by atomic mass is 10.2. The number of hydrogen-bond donors (Lipinski definition) is 0. The Kier molecular flexibility index (Phi) is 1.57. The van der Waals surface area contributed by atoms with Crippen LogP contribution in [0.5, 0.6) is 0 Å². The Morgan fingerprint density at radius 2 is 2.62 bits per heavy atom. The summed E-state index contributed by atoms with van der Waals surface area (Å²) in [5, 5.41) is 0. The first-order valence-electron chi connectivity index (χ1n) is 2.57. The van der Waals surface area contributed by atoms with E-state index in [1.165, 1.54) is 0 Å². The summed E-state index contributed by atoms with van der Waals surface area (Å²) in [5.74, 6) is 0. The Labute approximate surface area is 48.7 Å².